The van der Waals surface area contributed by atoms with Gasteiger partial charge in [-0.15, -0.1) is 0 Å². The molecule has 98 valence electrons. The summed E-state index contributed by atoms with van der Waals surface area (Å²) in [5.41, 5.74) is 0.439. The van der Waals surface area contributed by atoms with Crippen LogP contribution in [0.3, 0.4) is 0 Å². The third-order valence-electron chi connectivity index (χ3n) is 3.27. The molecule has 1 aromatic heterocycles. The highest BCUT2D eigenvalue weighted by atomic mass is 16.2. The largest absolute Gasteiger partial charge is 0.372 e. The van der Waals surface area contributed by atoms with Crippen molar-refractivity contribution in [3.8, 4) is 0 Å². The van der Waals surface area contributed by atoms with Gasteiger partial charge in [-0.3, -0.25) is 4.79 Å². The maximum absolute atomic E-state index is 12.3. The fraction of sp³-hybridized carbons (Fsp3) is 0.615. The summed E-state index contributed by atoms with van der Waals surface area (Å²) in [5, 5.41) is 2.89. The van der Waals surface area contributed by atoms with Crippen LogP contribution in [-0.2, 0) is 0 Å². The number of carbonyl (C=O) groups excluding carboxylic acids is 1. The van der Waals surface area contributed by atoms with Crippen molar-refractivity contribution < 1.29 is 4.79 Å². The molecule has 1 fully saturated rings. The summed E-state index contributed by atoms with van der Waals surface area (Å²) in [6.07, 6.45) is 9.05. The normalized spacial score (nSPS) is 16.8. The first-order valence-corrected chi connectivity index (χ1v) is 6.60. The summed E-state index contributed by atoms with van der Waals surface area (Å²) in [4.78, 5) is 22.5. The lowest BCUT2D eigenvalue weighted by Gasteiger charge is -2.24. The second kappa shape index (κ2) is 6.33. The molecule has 0 aliphatic carbocycles. The van der Waals surface area contributed by atoms with Crippen LogP contribution >= 0.6 is 0 Å². The van der Waals surface area contributed by atoms with E-state index in [0.717, 1.165) is 25.9 Å². The van der Waals surface area contributed by atoms with Crippen molar-refractivity contribution in [2.45, 2.75) is 32.1 Å². The van der Waals surface area contributed by atoms with Gasteiger partial charge in [0.05, 0.1) is 12.4 Å². The minimum absolute atomic E-state index is 0.00653. The van der Waals surface area contributed by atoms with Gasteiger partial charge in [0, 0.05) is 20.1 Å². The van der Waals surface area contributed by atoms with Crippen LogP contribution in [-0.4, -0.2) is 40.9 Å². The SMILES string of the molecule is CNc1cnc(C(=O)N2CCCCCCC2)cn1. The first-order chi connectivity index (χ1) is 8.81. The Morgan fingerprint density at radius 2 is 1.78 bits per heavy atom. The Hall–Kier alpha value is -1.65. The van der Waals surface area contributed by atoms with E-state index in [1.54, 1.807) is 19.4 Å². The molecule has 1 amide bonds. The summed E-state index contributed by atoms with van der Waals surface area (Å²) in [7, 11) is 1.78. The molecular formula is C13H20N4O. The van der Waals surface area contributed by atoms with E-state index in [2.05, 4.69) is 15.3 Å². The third-order valence-corrected chi connectivity index (χ3v) is 3.27. The van der Waals surface area contributed by atoms with Crippen LogP contribution in [0.4, 0.5) is 5.82 Å². The quantitative estimate of drug-likeness (QED) is 0.868. The molecule has 5 heteroatoms. The first kappa shape index (κ1) is 12.8. The molecule has 0 radical (unpaired) electrons. The van der Waals surface area contributed by atoms with Crippen LogP contribution in [0.1, 0.15) is 42.6 Å². The van der Waals surface area contributed by atoms with Gasteiger partial charge in [-0.2, -0.15) is 0 Å². The second-order valence-electron chi connectivity index (χ2n) is 4.60. The predicted molar refractivity (Wildman–Crippen MR) is 70.6 cm³/mol. The van der Waals surface area contributed by atoms with Gasteiger partial charge in [-0.1, -0.05) is 19.3 Å². The summed E-state index contributed by atoms with van der Waals surface area (Å²) in [5.74, 6) is 0.686. The Bertz CT molecular complexity index is 382. The molecule has 2 heterocycles. The molecule has 1 aliphatic heterocycles. The zero-order chi connectivity index (χ0) is 12.8. The zero-order valence-electron chi connectivity index (χ0n) is 10.9. The molecule has 1 N–H and O–H groups in total. The standard InChI is InChI=1S/C13H20N4O/c1-14-12-10-15-11(9-16-12)13(18)17-7-5-3-2-4-6-8-17/h9-10H,2-8H2,1H3,(H,14,16). The van der Waals surface area contributed by atoms with Crippen molar-refractivity contribution in [2.75, 3.05) is 25.5 Å². The number of nitrogens with zero attached hydrogens (tertiary/aromatic N) is 3. The molecule has 18 heavy (non-hydrogen) atoms. The fourth-order valence-corrected chi connectivity index (χ4v) is 2.18. The first-order valence-electron chi connectivity index (χ1n) is 6.60. The smallest absolute Gasteiger partial charge is 0.274 e. The molecule has 0 atom stereocenters. The summed E-state index contributed by atoms with van der Waals surface area (Å²) in [6.45, 7) is 1.68. The van der Waals surface area contributed by atoms with E-state index in [1.807, 2.05) is 4.90 Å². The summed E-state index contributed by atoms with van der Waals surface area (Å²) < 4.78 is 0. The van der Waals surface area contributed by atoms with Gasteiger partial charge < -0.3 is 10.2 Å². The predicted octanol–water partition coefficient (Wildman–Crippen LogP) is 1.92. The van der Waals surface area contributed by atoms with Crippen molar-refractivity contribution in [3.63, 3.8) is 0 Å². The minimum atomic E-state index is 0.00653. The van der Waals surface area contributed by atoms with E-state index >= 15 is 0 Å². The maximum atomic E-state index is 12.3. The molecule has 0 bridgehead atoms. The average Bonchev–Trinajstić information content (AvgIpc) is 2.38. The highest BCUT2D eigenvalue weighted by Gasteiger charge is 2.17. The Morgan fingerprint density at radius 1 is 1.11 bits per heavy atom. The van der Waals surface area contributed by atoms with Gasteiger partial charge in [0.1, 0.15) is 11.5 Å². The molecule has 1 aliphatic rings. The van der Waals surface area contributed by atoms with Gasteiger partial charge in [0.25, 0.3) is 5.91 Å². The molecule has 1 saturated heterocycles. The average molecular weight is 248 g/mol. The molecular weight excluding hydrogens is 228 g/mol. The van der Waals surface area contributed by atoms with Crippen molar-refractivity contribution in [1.29, 1.82) is 0 Å². The number of nitrogens with one attached hydrogen (secondary N) is 1. The van der Waals surface area contributed by atoms with E-state index in [0.29, 0.717) is 11.5 Å². The fourth-order valence-electron chi connectivity index (χ4n) is 2.18. The lowest BCUT2D eigenvalue weighted by molar-refractivity contribution is 0.0736. The highest BCUT2D eigenvalue weighted by molar-refractivity contribution is 5.92. The Morgan fingerprint density at radius 3 is 2.33 bits per heavy atom. The minimum Gasteiger partial charge on any atom is -0.372 e. The molecule has 0 spiro atoms. The van der Waals surface area contributed by atoms with Crippen LogP contribution in [0.25, 0.3) is 0 Å². The molecule has 0 unspecified atom stereocenters. The zero-order valence-corrected chi connectivity index (χ0v) is 10.9. The van der Waals surface area contributed by atoms with Crippen LogP contribution in [0.15, 0.2) is 12.4 Å². The number of likely N-dealkylation sites (tertiary alicyclic amines) is 1. The second-order valence-corrected chi connectivity index (χ2v) is 4.60. The number of rotatable bonds is 2. The monoisotopic (exact) mass is 248 g/mol. The summed E-state index contributed by atoms with van der Waals surface area (Å²) >= 11 is 0. The Balaban J connectivity index is 2.03. The Labute approximate surface area is 108 Å². The highest BCUT2D eigenvalue weighted by Crippen LogP contribution is 2.12. The molecule has 1 aromatic rings. The maximum Gasteiger partial charge on any atom is 0.274 e. The van der Waals surface area contributed by atoms with E-state index in [9.17, 15) is 4.79 Å². The summed E-state index contributed by atoms with van der Waals surface area (Å²) in [6, 6.07) is 0. The third kappa shape index (κ3) is 3.18. The Kier molecular flexibility index (Phi) is 4.50. The molecule has 5 nitrogen and oxygen atoms in total. The molecule has 0 saturated carbocycles. The van der Waals surface area contributed by atoms with Crippen molar-refractivity contribution in [3.05, 3.63) is 18.1 Å². The number of anilines is 1. The van der Waals surface area contributed by atoms with E-state index in [1.165, 1.54) is 19.3 Å². The molecule has 2 rings (SSSR count). The number of amides is 1. The van der Waals surface area contributed by atoms with Gasteiger partial charge in [-0.05, 0) is 12.8 Å². The lowest BCUT2D eigenvalue weighted by atomic mass is 10.1. The topological polar surface area (TPSA) is 58.1 Å². The van der Waals surface area contributed by atoms with E-state index < -0.39 is 0 Å². The number of aromatic nitrogens is 2. The number of hydrogen-bond donors (Lipinski definition) is 1. The van der Waals surface area contributed by atoms with Crippen molar-refractivity contribution in [2.24, 2.45) is 0 Å². The van der Waals surface area contributed by atoms with Crippen molar-refractivity contribution >= 4 is 11.7 Å². The van der Waals surface area contributed by atoms with E-state index in [-0.39, 0.29) is 5.91 Å². The van der Waals surface area contributed by atoms with Gasteiger partial charge in [-0.25, -0.2) is 9.97 Å². The van der Waals surface area contributed by atoms with Crippen LogP contribution < -0.4 is 5.32 Å². The van der Waals surface area contributed by atoms with Crippen molar-refractivity contribution in [1.82, 2.24) is 14.9 Å². The van der Waals surface area contributed by atoms with Crippen LogP contribution in [0, 0.1) is 0 Å². The van der Waals surface area contributed by atoms with Gasteiger partial charge >= 0.3 is 0 Å². The van der Waals surface area contributed by atoms with Gasteiger partial charge in [0.2, 0.25) is 0 Å². The van der Waals surface area contributed by atoms with Crippen LogP contribution in [0.2, 0.25) is 0 Å². The van der Waals surface area contributed by atoms with Gasteiger partial charge in [0.15, 0.2) is 0 Å². The van der Waals surface area contributed by atoms with E-state index in [4.69, 9.17) is 0 Å². The molecule has 0 aromatic carbocycles. The number of carbonyl (C=O) groups is 1. The number of hydrogen-bond acceptors (Lipinski definition) is 4. The van der Waals surface area contributed by atoms with Crippen LogP contribution in [0.5, 0.6) is 0 Å². The lowest BCUT2D eigenvalue weighted by Crippen LogP contribution is -2.34.